The van der Waals surface area contributed by atoms with Gasteiger partial charge >= 0.3 is 11.2 Å². The van der Waals surface area contributed by atoms with Gasteiger partial charge in [-0.1, -0.05) is 11.8 Å². The Hall–Kier alpha value is 0.320. The van der Waals surface area contributed by atoms with Crippen LogP contribution in [0.15, 0.2) is 0 Å². The van der Waals surface area contributed by atoms with Crippen molar-refractivity contribution in [1.29, 1.82) is 0 Å². The number of rotatable bonds is 0. The maximum atomic E-state index is 13.1. The fourth-order valence-electron chi connectivity index (χ4n) is 1.79. The Morgan fingerprint density at radius 1 is 1.29 bits per heavy atom. The van der Waals surface area contributed by atoms with Crippen molar-refractivity contribution < 1.29 is 17.6 Å². The third kappa shape index (κ3) is 1.42. The van der Waals surface area contributed by atoms with Gasteiger partial charge in [0, 0.05) is 17.2 Å². The fraction of sp³-hybridized carbons (Fsp3) is 1.00. The Kier molecular flexibility index (Phi) is 2.44. The van der Waals surface area contributed by atoms with Crippen LogP contribution in [0.4, 0.5) is 17.6 Å². The minimum Gasteiger partial charge on any atom is -0.306 e. The van der Waals surface area contributed by atoms with E-state index in [4.69, 9.17) is 11.6 Å². The van der Waals surface area contributed by atoms with E-state index in [-0.39, 0.29) is 30.1 Å². The summed E-state index contributed by atoms with van der Waals surface area (Å²) >= 11 is 5.74. The predicted molar refractivity (Wildman–Crippen MR) is 47.3 cm³/mol. The van der Waals surface area contributed by atoms with Crippen LogP contribution in [0.1, 0.15) is 6.42 Å². The highest BCUT2D eigenvalue weighted by atomic mass is 35.5. The normalized spacial score (nSPS) is 44.8. The van der Waals surface area contributed by atoms with E-state index in [0.29, 0.717) is 0 Å². The largest absolute Gasteiger partial charge is 0.358 e. The van der Waals surface area contributed by atoms with Crippen molar-refractivity contribution in [3.8, 4) is 0 Å². The molecule has 3 unspecified atom stereocenters. The second kappa shape index (κ2) is 3.15. The lowest BCUT2D eigenvalue weighted by Crippen LogP contribution is -2.56. The molecule has 1 N–H and O–H groups in total. The molecule has 2 saturated heterocycles. The summed E-state index contributed by atoms with van der Waals surface area (Å²) in [4.78, 5) is 0. The average Bonchev–Trinajstić information content (AvgIpc) is 2.18. The molecule has 2 aliphatic heterocycles. The molecule has 0 aromatic rings. The monoisotopic (exact) mass is 249 g/mol. The number of halogens is 5. The Morgan fingerprint density at radius 2 is 1.93 bits per heavy atom. The minimum absolute atomic E-state index is 0.0322. The summed E-state index contributed by atoms with van der Waals surface area (Å²) in [6.45, 7) is 0.162. The summed E-state index contributed by atoms with van der Waals surface area (Å²) in [5.74, 6) is -3.97. The number of piperidine rings is 1. The molecule has 0 bridgehead atoms. The van der Waals surface area contributed by atoms with Crippen molar-refractivity contribution in [2.24, 2.45) is 0 Å². The maximum absolute atomic E-state index is 13.1. The molecular formula is C7H8ClF4NS. The fourth-order valence-corrected chi connectivity index (χ4v) is 3.57. The Morgan fingerprint density at radius 3 is 2.57 bits per heavy atom. The van der Waals surface area contributed by atoms with E-state index >= 15 is 0 Å². The van der Waals surface area contributed by atoms with Gasteiger partial charge in [0.15, 0.2) is 0 Å². The summed E-state index contributed by atoms with van der Waals surface area (Å²) in [5, 5.41) is -2.72. The first-order chi connectivity index (χ1) is 6.34. The van der Waals surface area contributed by atoms with Gasteiger partial charge in [0.2, 0.25) is 0 Å². The standard InChI is InChI=1S/C7H8ClF4NS/c8-3-1-4-5(13-2-3)6(9,10)7(11,12)14-4/h3-5,13H,1-2H2. The average molecular weight is 250 g/mol. The summed E-state index contributed by atoms with van der Waals surface area (Å²) in [5.41, 5.74) is 0. The van der Waals surface area contributed by atoms with Crippen molar-refractivity contribution in [1.82, 2.24) is 5.32 Å². The van der Waals surface area contributed by atoms with Crippen LogP contribution in [0.5, 0.6) is 0 Å². The lowest BCUT2D eigenvalue weighted by Gasteiger charge is -2.31. The zero-order chi connectivity index (χ0) is 10.6. The molecule has 0 saturated carbocycles. The van der Waals surface area contributed by atoms with Gasteiger partial charge in [0.1, 0.15) is 0 Å². The zero-order valence-electron chi connectivity index (χ0n) is 6.94. The Bertz CT molecular complexity index is 250. The number of hydrogen-bond acceptors (Lipinski definition) is 2. The van der Waals surface area contributed by atoms with E-state index in [9.17, 15) is 17.6 Å². The van der Waals surface area contributed by atoms with E-state index in [1.807, 2.05) is 0 Å². The van der Waals surface area contributed by atoms with Crippen LogP contribution in [-0.4, -0.2) is 34.4 Å². The first kappa shape index (κ1) is 10.8. The molecule has 2 aliphatic rings. The van der Waals surface area contributed by atoms with Crippen LogP contribution in [0.2, 0.25) is 0 Å². The van der Waals surface area contributed by atoms with Crippen molar-refractivity contribution in [3.63, 3.8) is 0 Å². The number of thioether (sulfide) groups is 1. The molecule has 3 atom stereocenters. The predicted octanol–water partition coefficient (Wildman–Crippen LogP) is 2.30. The van der Waals surface area contributed by atoms with E-state index in [2.05, 4.69) is 5.32 Å². The molecule has 1 nitrogen and oxygen atoms in total. The highest BCUT2D eigenvalue weighted by Gasteiger charge is 2.70. The second-order valence-corrected chi connectivity index (χ2v) is 5.49. The molecule has 0 amide bonds. The molecule has 0 spiro atoms. The molecule has 14 heavy (non-hydrogen) atoms. The molecular weight excluding hydrogens is 242 g/mol. The van der Waals surface area contributed by atoms with E-state index in [1.165, 1.54) is 0 Å². The SMILES string of the molecule is FC1(F)SC2CC(Cl)CNC2C1(F)F. The molecule has 82 valence electrons. The van der Waals surface area contributed by atoms with Gasteiger partial charge < -0.3 is 5.32 Å². The number of hydrogen-bond donors (Lipinski definition) is 1. The highest BCUT2D eigenvalue weighted by molar-refractivity contribution is 8.01. The van der Waals surface area contributed by atoms with Gasteiger partial charge in [-0.3, -0.25) is 0 Å². The van der Waals surface area contributed by atoms with Crippen LogP contribution < -0.4 is 5.32 Å². The number of nitrogens with one attached hydrogen (secondary N) is 1. The van der Waals surface area contributed by atoms with Crippen LogP contribution in [0.25, 0.3) is 0 Å². The maximum Gasteiger partial charge on any atom is 0.358 e. The van der Waals surface area contributed by atoms with Crippen LogP contribution in [0.3, 0.4) is 0 Å². The first-order valence-corrected chi connectivity index (χ1v) is 5.47. The molecule has 7 heteroatoms. The zero-order valence-corrected chi connectivity index (χ0v) is 8.52. The molecule has 0 aromatic heterocycles. The van der Waals surface area contributed by atoms with Gasteiger partial charge in [-0.15, -0.1) is 11.6 Å². The molecule has 2 rings (SSSR count). The lowest BCUT2D eigenvalue weighted by atomic mass is 9.99. The number of fused-ring (bicyclic) bond motifs is 1. The quantitative estimate of drug-likeness (QED) is 0.522. The van der Waals surface area contributed by atoms with Gasteiger partial charge in [-0.05, 0) is 6.42 Å². The molecule has 0 aliphatic carbocycles. The van der Waals surface area contributed by atoms with Crippen molar-refractivity contribution in [2.45, 2.75) is 34.3 Å². The van der Waals surface area contributed by atoms with Crippen LogP contribution in [0, 0.1) is 0 Å². The topological polar surface area (TPSA) is 12.0 Å². The highest BCUT2D eigenvalue weighted by Crippen LogP contribution is 2.57. The Balaban J connectivity index is 2.22. The third-order valence-electron chi connectivity index (χ3n) is 2.50. The van der Waals surface area contributed by atoms with E-state index in [1.54, 1.807) is 0 Å². The summed E-state index contributed by atoms with van der Waals surface area (Å²) in [6, 6.07) is -1.45. The lowest BCUT2D eigenvalue weighted by molar-refractivity contribution is -0.161. The molecule has 0 radical (unpaired) electrons. The van der Waals surface area contributed by atoms with Gasteiger partial charge in [0.25, 0.3) is 0 Å². The smallest absolute Gasteiger partial charge is 0.306 e. The Labute approximate surface area is 87.6 Å². The minimum atomic E-state index is -3.98. The first-order valence-electron chi connectivity index (χ1n) is 4.15. The van der Waals surface area contributed by atoms with Crippen molar-refractivity contribution in [2.75, 3.05) is 6.54 Å². The molecule has 2 heterocycles. The molecule has 0 aromatic carbocycles. The number of alkyl halides is 5. The van der Waals surface area contributed by atoms with Gasteiger partial charge in [-0.2, -0.15) is 17.6 Å². The van der Waals surface area contributed by atoms with Crippen LogP contribution in [-0.2, 0) is 0 Å². The molecule has 2 fully saturated rings. The van der Waals surface area contributed by atoms with Crippen molar-refractivity contribution >= 4 is 23.4 Å². The summed E-state index contributed by atoms with van der Waals surface area (Å²) < 4.78 is 52.0. The third-order valence-corrected chi connectivity index (χ3v) is 4.17. The summed E-state index contributed by atoms with van der Waals surface area (Å²) in [7, 11) is 0. The van der Waals surface area contributed by atoms with E-state index in [0.717, 1.165) is 0 Å². The van der Waals surface area contributed by atoms with Gasteiger partial charge in [-0.25, -0.2) is 0 Å². The van der Waals surface area contributed by atoms with Crippen LogP contribution >= 0.6 is 23.4 Å². The summed E-state index contributed by atoms with van der Waals surface area (Å²) in [6.07, 6.45) is 0.203. The second-order valence-electron chi connectivity index (χ2n) is 3.51. The van der Waals surface area contributed by atoms with Crippen molar-refractivity contribution in [3.05, 3.63) is 0 Å². The van der Waals surface area contributed by atoms with Gasteiger partial charge in [0.05, 0.1) is 6.04 Å². The van der Waals surface area contributed by atoms with E-state index < -0.39 is 22.5 Å².